The van der Waals surface area contributed by atoms with E-state index in [4.69, 9.17) is 17.0 Å². The molecule has 0 bridgehead atoms. The van der Waals surface area contributed by atoms with Crippen LogP contribution in [0.15, 0.2) is 109 Å². The van der Waals surface area contributed by atoms with E-state index in [1.165, 1.54) is 72.1 Å². The Hall–Kier alpha value is -2.00. The van der Waals surface area contributed by atoms with Gasteiger partial charge in [-0.15, -0.1) is 69.1 Å². The molecule has 0 aliphatic carbocycles. The van der Waals surface area contributed by atoms with Gasteiger partial charge in [-0.25, -0.2) is 0 Å². The molecule has 1 unspecified atom stereocenters. The van der Waals surface area contributed by atoms with Crippen molar-refractivity contribution >= 4 is 61.4 Å². The summed E-state index contributed by atoms with van der Waals surface area (Å²) < 4.78 is 0. The zero-order chi connectivity index (χ0) is 36.4. The van der Waals surface area contributed by atoms with Crippen LogP contribution in [0.1, 0.15) is 63.6 Å². The average Bonchev–Trinajstić information content (AvgIpc) is 3.68. The Bertz CT molecular complexity index is 1870. The van der Waals surface area contributed by atoms with Crippen LogP contribution >= 0.6 is 17.0 Å². The normalized spacial score (nSPS) is 11.8. The molecule has 0 aromatic heterocycles. The minimum atomic E-state index is -1.21. The molecule has 6 aromatic carbocycles. The molecule has 0 heterocycles. The van der Waals surface area contributed by atoms with Crippen LogP contribution < -0.4 is 5.19 Å². The van der Waals surface area contributed by atoms with Crippen molar-refractivity contribution in [2.24, 2.45) is 0 Å². The molecule has 0 saturated heterocycles. The Morgan fingerprint density at radius 1 is 0.735 bits per heavy atom. The van der Waals surface area contributed by atoms with Gasteiger partial charge in [0.2, 0.25) is 0 Å². The maximum atomic E-state index is 4.93. The number of aryl methyl sites for hydroxylation is 1. The molecule has 0 N–H and O–H groups in total. The van der Waals surface area contributed by atoms with E-state index in [0.29, 0.717) is 5.92 Å². The van der Waals surface area contributed by atoms with Gasteiger partial charge >= 0.3 is 37.9 Å². The van der Waals surface area contributed by atoms with Gasteiger partial charge in [0.25, 0.3) is 0 Å². The van der Waals surface area contributed by atoms with Crippen molar-refractivity contribution in [2.45, 2.75) is 92.0 Å². The molecule has 6 rings (SSSR count). The first kappa shape index (κ1) is 41.4. The first-order chi connectivity index (χ1) is 23.2. The molecule has 0 amide bonds. The first-order valence-corrected chi connectivity index (χ1v) is 29.1. The summed E-state index contributed by atoms with van der Waals surface area (Å²) in [6.07, 6.45) is 1.19. The summed E-state index contributed by atoms with van der Waals surface area (Å²) in [5, 5.41) is 6.97. The topological polar surface area (TPSA) is 0 Å². The number of halogens is 2. The van der Waals surface area contributed by atoms with Crippen LogP contribution in [0.2, 0.25) is 32.7 Å². The monoisotopic (exact) mass is 798 g/mol. The van der Waals surface area contributed by atoms with Gasteiger partial charge in [-0.05, 0) is 28.0 Å². The second-order valence-corrected chi connectivity index (χ2v) is 24.8. The number of hydrogen-bond donors (Lipinski definition) is 0. The molecule has 0 fully saturated rings. The second-order valence-electron chi connectivity index (χ2n) is 15.0. The van der Waals surface area contributed by atoms with Crippen molar-refractivity contribution in [3.8, 4) is 22.3 Å². The van der Waals surface area contributed by atoms with Gasteiger partial charge in [-0.1, -0.05) is 158 Å². The van der Waals surface area contributed by atoms with E-state index in [-0.39, 0.29) is 5.41 Å². The van der Waals surface area contributed by atoms with Crippen LogP contribution in [-0.4, -0.2) is 17.6 Å². The fourth-order valence-electron chi connectivity index (χ4n) is 5.97. The minimum absolute atomic E-state index is 0.203. The third-order valence-electron chi connectivity index (χ3n) is 8.97. The van der Waals surface area contributed by atoms with E-state index in [1.807, 2.05) is 0 Å². The number of rotatable bonds is 5. The number of benzene rings is 4. The van der Waals surface area contributed by atoms with Gasteiger partial charge in [0.15, 0.2) is 0 Å². The van der Waals surface area contributed by atoms with Gasteiger partial charge in [0.1, 0.15) is 0 Å². The molecule has 6 aromatic rings. The van der Waals surface area contributed by atoms with E-state index >= 15 is 0 Å². The molecule has 0 spiro atoms. The summed E-state index contributed by atoms with van der Waals surface area (Å²) in [7, 11) is 9.74. The molecule has 0 nitrogen and oxygen atoms in total. The number of fused-ring (bicyclic) bond motifs is 2. The van der Waals surface area contributed by atoms with E-state index in [9.17, 15) is 0 Å². The maximum absolute atomic E-state index is 4.93. The average molecular weight is 801 g/mol. The molecule has 0 aliphatic heterocycles. The molecular weight excluding hydrogens is 747 g/mol. The van der Waals surface area contributed by atoms with E-state index in [1.54, 1.807) is 0 Å². The van der Waals surface area contributed by atoms with Crippen molar-refractivity contribution in [3.05, 3.63) is 126 Å². The Labute approximate surface area is 319 Å². The van der Waals surface area contributed by atoms with Crippen LogP contribution in [0.3, 0.4) is 0 Å². The standard InChI is InChI=1S/C23H27.C19H21Si.C2H6Si.2ClH.Zr/c1-6-16(2)19-14-18-8-7-9-21(22(18)15-19)17-10-12-20(13-11-17)23(3,4)5;1-14-12-16-6-5-7-18(19(16)13-14)15-8-10-17(11-9-15)20(2,3)4;1-3-2;;;/h7-16H,6H2,1-5H3;5-13H,1-4H3;1-2H3;2*1H;/q2*-1;;;;+4/p-2. The van der Waals surface area contributed by atoms with Gasteiger partial charge in [0, 0.05) is 9.52 Å². The molecule has 2 radical (unpaired) electrons. The molecule has 0 saturated carbocycles. The Kier molecular flexibility index (Phi) is 16.1. The van der Waals surface area contributed by atoms with E-state index in [2.05, 4.69) is 183 Å². The Morgan fingerprint density at radius 3 is 1.63 bits per heavy atom. The molecule has 5 heteroatoms. The third kappa shape index (κ3) is 11.5. The van der Waals surface area contributed by atoms with Crippen molar-refractivity contribution in [3.63, 3.8) is 0 Å². The molecule has 1 atom stereocenters. The summed E-state index contributed by atoms with van der Waals surface area (Å²) in [5.41, 5.74) is 9.71. The summed E-state index contributed by atoms with van der Waals surface area (Å²) in [6, 6.07) is 40.8. The SMILES string of the molecule is CCC(C)c1cc2c(-c3ccc(C(C)(C)C)cc3)cccc2[cH-]1.C[Si]C.Cc1cc2c(-c3ccc([Si](C)(C)C)cc3)cccc2[cH-]1.[Cl][Zr+2][Cl]. The molecule has 0 aliphatic rings. The zero-order valence-electron chi connectivity index (χ0n) is 31.4. The van der Waals surface area contributed by atoms with E-state index < -0.39 is 28.9 Å². The summed E-state index contributed by atoms with van der Waals surface area (Å²) in [4.78, 5) is 0. The summed E-state index contributed by atoms with van der Waals surface area (Å²) in [6.45, 7) is 25.0. The fourth-order valence-corrected chi connectivity index (χ4v) is 7.13. The quantitative estimate of drug-likeness (QED) is 0.120. The van der Waals surface area contributed by atoms with Crippen LogP contribution in [0.25, 0.3) is 43.8 Å². The van der Waals surface area contributed by atoms with Gasteiger partial charge in [0.05, 0.1) is 8.07 Å². The first-order valence-electron chi connectivity index (χ1n) is 17.3. The molecule has 256 valence electrons. The van der Waals surface area contributed by atoms with Crippen molar-refractivity contribution in [1.82, 2.24) is 0 Å². The third-order valence-corrected chi connectivity index (χ3v) is 11.0. The predicted octanol–water partition coefficient (Wildman–Crippen LogP) is 14.3. The van der Waals surface area contributed by atoms with E-state index in [0.717, 1.165) is 9.52 Å². The van der Waals surface area contributed by atoms with Crippen molar-refractivity contribution in [2.75, 3.05) is 0 Å². The Balaban J connectivity index is 0.000000230. The molecular formula is C44H54Cl2Si2Zr. The summed E-state index contributed by atoms with van der Waals surface area (Å²) in [5.74, 6) is 0.624. The second kappa shape index (κ2) is 19.0. The van der Waals surface area contributed by atoms with Gasteiger partial charge in [-0.2, -0.15) is 12.1 Å². The fraction of sp³-hybridized carbons (Fsp3) is 0.318. The van der Waals surface area contributed by atoms with Gasteiger partial charge in [-0.3, -0.25) is 0 Å². The van der Waals surface area contributed by atoms with Crippen LogP contribution in [0.5, 0.6) is 0 Å². The van der Waals surface area contributed by atoms with Crippen molar-refractivity contribution < 1.29 is 20.8 Å². The zero-order valence-corrected chi connectivity index (χ0v) is 37.4. The summed E-state index contributed by atoms with van der Waals surface area (Å²) >= 11 is -0.826. The van der Waals surface area contributed by atoms with Crippen LogP contribution in [0.4, 0.5) is 0 Å². The number of hydrogen-bond acceptors (Lipinski definition) is 0. The predicted molar refractivity (Wildman–Crippen MR) is 224 cm³/mol. The van der Waals surface area contributed by atoms with Gasteiger partial charge < -0.3 is 0 Å². The Morgan fingerprint density at radius 2 is 1.18 bits per heavy atom. The molecule has 49 heavy (non-hydrogen) atoms. The van der Waals surface area contributed by atoms with Crippen LogP contribution in [-0.2, 0) is 26.3 Å². The van der Waals surface area contributed by atoms with Crippen LogP contribution in [0, 0.1) is 6.92 Å². The van der Waals surface area contributed by atoms with Crippen molar-refractivity contribution in [1.29, 1.82) is 0 Å².